The predicted octanol–water partition coefficient (Wildman–Crippen LogP) is 7.32. The van der Waals surface area contributed by atoms with E-state index in [0.717, 1.165) is 35.4 Å². The highest BCUT2D eigenvalue weighted by Crippen LogP contribution is 2.46. The summed E-state index contributed by atoms with van der Waals surface area (Å²) < 4.78 is 6.06. The van der Waals surface area contributed by atoms with E-state index in [0.29, 0.717) is 27.5 Å². The van der Waals surface area contributed by atoms with Gasteiger partial charge in [0.25, 0.3) is 5.91 Å². The minimum Gasteiger partial charge on any atom is -0.457 e. The van der Waals surface area contributed by atoms with Gasteiger partial charge in [0.1, 0.15) is 16.5 Å². The van der Waals surface area contributed by atoms with E-state index in [1.807, 2.05) is 18.2 Å². The second kappa shape index (κ2) is 7.58. The van der Waals surface area contributed by atoms with Gasteiger partial charge in [-0.1, -0.05) is 44.0 Å². The Morgan fingerprint density at radius 3 is 2.68 bits per heavy atom. The fraction of sp³-hybridized carbons (Fsp3) is 0.375. The van der Waals surface area contributed by atoms with Gasteiger partial charge in [0.05, 0.1) is 10.6 Å². The lowest BCUT2D eigenvalue weighted by Gasteiger charge is -2.34. The van der Waals surface area contributed by atoms with Crippen molar-refractivity contribution in [2.24, 2.45) is 11.3 Å². The number of carbonyl (C=O) groups is 1. The third kappa shape index (κ3) is 3.77. The van der Waals surface area contributed by atoms with Crippen molar-refractivity contribution in [1.29, 1.82) is 0 Å². The Morgan fingerprint density at radius 2 is 1.94 bits per heavy atom. The van der Waals surface area contributed by atoms with Gasteiger partial charge < -0.3 is 15.1 Å². The zero-order chi connectivity index (χ0) is 21.9. The standard InChI is InChI=1S/C24H24Cl2N2O2S/c1-24(2,3)12-4-6-15-19(10-12)31-23-20(15)22(29)27-21(28-23)18-9-8-17(30-18)14-7-5-13(25)11-16(14)26/h5,7-9,11-12,21,28H,4,6,10H2,1-3H3,(H,27,29). The van der Waals surface area contributed by atoms with Crippen molar-refractivity contribution in [3.63, 3.8) is 0 Å². The molecule has 31 heavy (non-hydrogen) atoms. The van der Waals surface area contributed by atoms with Crippen molar-refractivity contribution >= 4 is 45.4 Å². The number of thiophene rings is 1. The summed E-state index contributed by atoms with van der Waals surface area (Å²) in [6.07, 6.45) is 2.71. The molecular weight excluding hydrogens is 451 g/mol. The zero-order valence-corrected chi connectivity index (χ0v) is 20.0. The number of fused-ring (bicyclic) bond motifs is 3. The van der Waals surface area contributed by atoms with Crippen molar-refractivity contribution in [1.82, 2.24) is 5.32 Å². The first-order valence-corrected chi connectivity index (χ1v) is 12.0. The van der Waals surface area contributed by atoms with E-state index < -0.39 is 6.17 Å². The van der Waals surface area contributed by atoms with Gasteiger partial charge in [0, 0.05) is 15.5 Å². The van der Waals surface area contributed by atoms with E-state index in [2.05, 4.69) is 31.4 Å². The number of hydrogen-bond donors (Lipinski definition) is 2. The maximum Gasteiger partial charge on any atom is 0.256 e. The molecule has 0 fully saturated rings. The lowest BCUT2D eigenvalue weighted by Crippen LogP contribution is -2.38. The molecule has 0 bridgehead atoms. The summed E-state index contributed by atoms with van der Waals surface area (Å²) in [6.45, 7) is 6.91. The van der Waals surface area contributed by atoms with Crippen LogP contribution in [0.4, 0.5) is 5.00 Å². The number of nitrogens with one attached hydrogen (secondary N) is 2. The molecule has 2 atom stereocenters. The summed E-state index contributed by atoms with van der Waals surface area (Å²) >= 11 is 14.0. The van der Waals surface area contributed by atoms with Gasteiger partial charge in [-0.05, 0) is 66.5 Å². The van der Waals surface area contributed by atoms with Crippen LogP contribution in [0.1, 0.15) is 59.9 Å². The molecule has 2 aromatic heterocycles. The van der Waals surface area contributed by atoms with Crippen LogP contribution in [0, 0.1) is 11.3 Å². The molecule has 1 aromatic carbocycles. The normalized spacial score (nSPS) is 20.6. The summed E-state index contributed by atoms with van der Waals surface area (Å²) in [7, 11) is 0. The molecule has 0 saturated carbocycles. The zero-order valence-electron chi connectivity index (χ0n) is 17.6. The first-order valence-electron chi connectivity index (χ1n) is 10.5. The third-order valence-electron chi connectivity index (χ3n) is 6.38. The Hall–Kier alpha value is -1.95. The Labute approximate surface area is 195 Å². The Kier molecular flexibility index (Phi) is 5.11. The summed E-state index contributed by atoms with van der Waals surface area (Å²) in [5.74, 6) is 1.87. The van der Waals surface area contributed by atoms with Gasteiger partial charge in [-0.3, -0.25) is 4.79 Å². The van der Waals surface area contributed by atoms with Crippen LogP contribution < -0.4 is 10.6 Å². The van der Waals surface area contributed by atoms with Crippen LogP contribution in [0.25, 0.3) is 11.3 Å². The van der Waals surface area contributed by atoms with E-state index in [-0.39, 0.29) is 11.3 Å². The van der Waals surface area contributed by atoms with E-state index in [4.69, 9.17) is 27.6 Å². The molecular formula is C24H24Cl2N2O2S. The molecule has 3 aromatic rings. The maximum atomic E-state index is 13.0. The van der Waals surface area contributed by atoms with Crippen molar-refractivity contribution in [3.8, 4) is 11.3 Å². The van der Waals surface area contributed by atoms with Crippen molar-refractivity contribution in [3.05, 3.63) is 62.1 Å². The van der Waals surface area contributed by atoms with Crippen LogP contribution in [-0.4, -0.2) is 5.91 Å². The smallest absolute Gasteiger partial charge is 0.256 e. The average molecular weight is 475 g/mol. The minimum absolute atomic E-state index is 0.0343. The molecule has 162 valence electrons. The number of hydrogen-bond acceptors (Lipinski definition) is 4. The molecule has 4 nitrogen and oxygen atoms in total. The molecule has 1 aliphatic carbocycles. The summed E-state index contributed by atoms with van der Waals surface area (Å²) in [5.41, 5.74) is 3.07. The molecule has 0 spiro atoms. The summed E-state index contributed by atoms with van der Waals surface area (Å²) in [6, 6.07) is 9.03. The summed E-state index contributed by atoms with van der Waals surface area (Å²) in [5, 5.41) is 8.58. The quantitative estimate of drug-likeness (QED) is 0.408. The number of amides is 1. The molecule has 1 amide bonds. The molecule has 1 aliphatic heterocycles. The number of halogens is 2. The molecule has 2 aliphatic rings. The van der Waals surface area contributed by atoms with Gasteiger partial charge in [-0.2, -0.15) is 0 Å². The Balaban J connectivity index is 1.42. The van der Waals surface area contributed by atoms with Crippen LogP contribution in [0.2, 0.25) is 10.0 Å². The fourth-order valence-corrected chi connectivity index (χ4v) is 6.38. The van der Waals surface area contributed by atoms with Gasteiger partial charge in [0.15, 0.2) is 6.17 Å². The Bertz CT molecular complexity index is 1170. The number of rotatable bonds is 2. The largest absolute Gasteiger partial charge is 0.457 e. The fourth-order valence-electron chi connectivity index (χ4n) is 4.52. The monoisotopic (exact) mass is 474 g/mol. The first-order chi connectivity index (χ1) is 14.7. The lowest BCUT2D eigenvalue weighted by atomic mass is 9.72. The Morgan fingerprint density at radius 1 is 1.13 bits per heavy atom. The second-order valence-corrected chi connectivity index (χ2v) is 11.3. The van der Waals surface area contributed by atoms with Gasteiger partial charge in [0.2, 0.25) is 0 Å². The van der Waals surface area contributed by atoms with Gasteiger partial charge >= 0.3 is 0 Å². The van der Waals surface area contributed by atoms with E-state index >= 15 is 0 Å². The number of anilines is 1. The van der Waals surface area contributed by atoms with Crippen molar-refractivity contribution < 1.29 is 9.21 Å². The maximum absolute atomic E-state index is 13.0. The SMILES string of the molecule is CC(C)(C)C1CCc2c(sc3c2C(=O)NC(c2ccc(-c4ccc(Cl)cc4Cl)o2)N3)C1. The van der Waals surface area contributed by atoms with Crippen LogP contribution in [0.5, 0.6) is 0 Å². The van der Waals surface area contributed by atoms with E-state index in [9.17, 15) is 4.79 Å². The molecule has 2 N–H and O–H groups in total. The molecule has 0 radical (unpaired) electrons. The highest BCUT2D eigenvalue weighted by Gasteiger charge is 2.37. The van der Waals surface area contributed by atoms with E-state index in [1.165, 1.54) is 10.4 Å². The molecule has 0 saturated heterocycles. The van der Waals surface area contributed by atoms with Crippen LogP contribution >= 0.6 is 34.5 Å². The molecule has 5 rings (SSSR count). The van der Waals surface area contributed by atoms with E-state index in [1.54, 1.807) is 23.5 Å². The lowest BCUT2D eigenvalue weighted by molar-refractivity contribution is 0.0930. The van der Waals surface area contributed by atoms with Crippen LogP contribution in [0.3, 0.4) is 0 Å². The van der Waals surface area contributed by atoms with Crippen molar-refractivity contribution in [2.75, 3.05) is 5.32 Å². The average Bonchev–Trinajstić information content (AvgIpc) is 3.31. The second-order valence-electron chi connectivity index (χ2n) is 9.39. The highest BCUT2D eigenvalue weighted by molar-refractivity contribution is 7.16. The van der Waals surface area contributed by atoms with Gasteiger partial charge in [-0.15, -0.1) is 11.3 Å². The minimum atomic E-state index is -0.418. The molecule has 3 heterocycles. The highest BCUT2D eigenvalue weighted by atomic mass is 35.5. The van der Waals surface area contributed by atoms with Gasteiger partial charge in [-0.25, -0.2) is 0 Å². The number of furan rings is 1. The number of carbonyl (C=O) groups excluding carboxylic acids is 1. The predicted molar refractivity (Wildman–Crippen MR) is 127 cm³/mol. The summed E-state index contributed by atoms with van der Waals surface area (Å²) in [4.78, 5) is 14.4. The third-order valence-corrected chi connectivity index (χ3v) is 8.11. The van der Waals surface area contributed by atoms with Crippen molar-refractivity contribution in [2.45, 2.75) is 46.2 Å². The molecule has 7 heteroatoms. The topological polar surface area (TPSA) is 54.3 Å². The molecule has 2 unspecified atom stereocenters. The van der Waals surface area contributed by atoms with Crippen LogP contribution in [0.15, 0.2) is 34.7 Å². The van der Waals surface area contributed by atoms with Crippen LogP contribution in [-0.2, 0) is 12.8 Å². The first kappa shape index (κ1) is 20.9. The number of benzene rings is 1.